The summed E-state index contributed by atoms with van der Waals surface area (Å²) in [5.41, 5.74) is 1.95. The van der Waals surface area contributed by atoms with Crippen LogP contribution in [0.15, 0.2) is 71.6 Å². The molecule has 9 heteroatoms. The number of fused-ring (bicyclic) bond motifs is 1. The number of aryl methyl sites for hydroxylation is 1. The third-order valence-corrected chi connectivity index (χ3v) is 7.13. The summed E-state index contributed by atoms with van der Waals surface area (Å²) in [4.78, 5) is 12.1. The fourth-order valence-electron chi connectivity index (χ4n) is 3.54. The molecule has 1 aliphatic rings. The highest BCUT2D eigenvalue weighted by Gasteiger charge is 2.29. The van der Waals surface area contributed by atoms with Crippen LogP contribution in [0.3, 0.4) is 0 Å². The maximum Gasteiger partial charge on any atom is 0.264 e. The van der Waals surface area contributed by atoms with Crippen molar-refractivity contribution in [3.63, 3.8) is 0 Å². The molecule has 6 nitrogen and oxygen atoms in total. The zero-order valence-corrected chi connectivity index (χ0v) is 18.5. The van der Waals surface area contributed by atoms with Crippen molar-refractivity contribution in [3.8, 4) is 5.75 Å². The van der Waals surface area contributed by atoms with Crippen LogP contribution in [0, 0.1) is 5.82 Å². The van der Waals surface area contributed by atoms with Crippen LogP contribution in [0.1, 0.15) is 12.0 Å². The zero-order valence-electron chi connectivity index (χ0n) is 16.9. The van der Waals surface area contributed by atoms with Gasteiger partial charge in [-0.05, 0) is 60.9 Å². The van der Waals surface area contributed by atoms with E-state index in [9.17, 15) is 17.6 Å². The van der Waals surface area contributed by atoms with Crippen LogP contribution in [0.5, 0.6) is 5.75 Å². The first-order valence-corrected chi connectivity index (χ1v) is 11.7. The van der Waals surface area contributed by atoms with Crippen molar-refractivity contribution in [1.29, 1.82) is 0 Å². The number of carbonyl (C=O) groups is 1. The standard InChI is InChI=1S/C23H20ClFN2O4S/c24-20-14-19(32(29,30)27-12-4-6-16-5-1-2-9-21(16)27)10-11-22(20)31-15-23(28)26-18-8-3-7-17(25)13-18/h1-3,5,7-11,13-14H,4,6,12,15H2,(H,26,28). The van der Waals surface area contributed by atoms with E-state index in [0.717, 1.165) is 18.4 Å². The van der Waals surface area contributed by atoms with Gasteiger partial charge in [-0.15, -0.1) is 0 Å². The summed E-state index contributed by atoms with van der Waals surface area (Å²) in [5, 5.41) is 2.58. The van der Waals surface area contributed by atoms with Gasteiger partial charge in [-0.2, -0.15) is 0 Å². The molecule has 0 unspecified atom stereocenters. The number of halogens is 2. The molecule has 4 rings (SSSR count). The molecule has 1 aliphatic heterocycles. The maximum absolute atomic E-state index is 13.2. The number of ether oxygens (including phenoxy) is 1. The molecule has 0 saturated heterocycles. The van der Waals surface area contributed by atoms with Crippen LogP contribution in [0.4, 0.5) is 15.8 Å². The number of para-hydroxylation sites is 1. The molecule has 0 bridgehead atoms. The van der Waals surface area contributed by atoms with Gasteiger partial charge in [-0.3, -0.25) is 9.10 Å². The van der Waals surface area contributed by atoms with Crippen molar-refractivity contribution < 1.29 is 22.3 Å². The summed E-state index contributed by atoms with van der Waals surface area (Å²) in [6.07, 6.45) is 1.55. The fraction of sp³-hybridized carbons (Fsp3) is 0.174. The van der Waals surface area contributed by atoms with E-state index >= 15 is 0 Å². The number of hydrogen-bond acceptors (Lipinski definition) is 4. The lowest BCUT2D eigenvalue weighted by Gasteiger charge is -2.30. The Morgan fingerprint density at radius 1 is 1.09 bits per heavy atom. The average molecular weight is 475 g/mol. The monoisotopic (exact) mass is 474 g/mol. The first kappa shape index (κ1) is 22.1. The summed E-state index contributed by atoms with van der Waals surface area (Å²) in [6, 6.07) is 17.0. The van der Waals surface area contributed by atoms with Crippen LogP contribution in [-0.4, -0.2) is 27.5 Å². The Labute approximate surface area is 190 Å². The van der Waals surface area contributed by atoms with Gasteiger partial charge in [-0.25, -0.2) is 12.8 Å². The van der Waals surface area contributed by atoms with Gasteiger partial charge in [-0.1, -0.05) is 35.9 Å². The quantitative estimate of drug-likeness (QED) is 0.564. The Hall–Kier alpha value is -3.10. The largest absolute Gasteiger partial charge is 0.482 e. The highest BCUT2D eigenvalue weighted by atomic mass is 35.5. The molecule has 1 heterocycles. The maximum atomic E-state index is 13.2. The van der Waals surface area contributed by atoms with Gasteiger partial charge in [0.1, 0.15) is 11.6 Å². The van der Waals surface area contributed by atoms with E-state index in [1.807, 2.05) is 18.2 Å². The summed E-state index contributed by atoms with van der Waals surface area (Å²) in [5.74, 6) is -0.813. The molecule has 0 atom stereocenters. The van der Waals surface area contributed by atoms with Gasteiger partial charge in [0.25, 0.3) is 15.9 Å². The fourth-order valence-corrected chi connectivity index (χ4v) is 5.41. The number of rotatable bonds is 6. The number of amides is 1. The summed E-state index contributed by atoms with van der Waals surface area (Å²) in [6.45, 7) is 0.0112. The number of anilines is 2. The molecule has 3 aromatic carbocycles. The molecule has 0 fully saturated rings. The molecule has 0 aromatic heterocycles. The molecule has 0 spiro atoms. The van der Waals surface area contributed by atoms with Crippen LogP contribution < -0.4 is 14.4 Å². The van der Waals surface area contributed by atoms with E-state index in [4.69, 9.17) is 16.3 Å². The number of hydrogen-bond donors (Lipinski definition) is 1. The second-order valence-electron chi connectivity index (χ2n) is 7.25. The van der Waals surface area contributed by atoms with Gasteiger partial charge >= 0.3 is 0 Å². The van der Waals surface area contributed by atoms with Crippen molar-refractivity contribution in [2.24, 2.45) is 0 Å². The van der Waals surface area contributed by atoms with E-state index in [2.05, 4.69) is 5.32 Å². The Bertz CT molecular complexity index is 1270. The number of carbonyl (C=O) groups excluding carboxylic acids is 1. The normalized spacial score (nSPS) is 13.4. The lowest BCUT2D eigenvalue weighted by atomic mass is 10.0. The van der Waals surface area contributed by atoms with E-state index in [1.54, 1.807) is 12.1 Å². The van der Waals surface area contributed by atoms with E-state index in [0.29, 0.717) is 17.9 Å². The Morgan fingerprint density at radius 3 is 2.69 bits per heavy atom. The Balaban J connectivity index is 1.47. The van der Waals surface area contributed by atoms with Crippen molar-refractivity contribution >= 4 is 38.9 Å². The van der Waals surface area contributed by atoms with E-state index in [-0.39, 0.29) is 22.3 Å². The number of nitrogens with one attached hydrogen (secondary N) is 1. The van der Waals surface area contributed by atoms with Crippen molar-refractivity contribution in [3.05, 3.63) is 83.1 Å². The van der Waals surface area contributed by atoms with E-state index < -0.39 is 21.7 Å². The first-order chi connectivity index (χ1) is 15.3. The minimum Gasteiger partial charge on any atom is -0.482 e. The van der Waals surface area contributed by atoms with Gasteiger partial charge in [0.2, 0.25) is 0 Å². The average Bonchev–Trinajstić information content (AvgIpc) is 2.77. The lowest BCUT2D eigenvalue weighted by Crippen LogP contribution is -2.35. The molecule has 1 N–H and O–H groups in total. The van der Waals surface area contributed by atoms with Crippen molar-refractivity contribution in [1.82, 2.24) is 0 Å². The van der Waals surface area contributed by atoms with Gasteiger partial charge in [0.05, 0.1) is 15.6 Å². The number of nitrogens with zero attached hydrogens (tertiary/aromatic N) is 1. The smallest absolute Gasteiger partial charge is 0.264 e. The van der Waals surface area contributed by atoms with Gasteiger partial charge in [0.15, 0.2) is 6.61 Å². The predicted octanol–water partition coefficient (Wildman–Crippen LogP) is 4.64. The van der Waals surface area contributed by atoms with Crippen LogP contribution in [0.2, 0.25) is 5.02 Å². The zero-order chi connectivity index (χ0) is 22.7. The minimum atomic E-state index is -3.81. The second kappa shape index (κ2) is 9.18. The molecule has 0 radical (unpaired) electrons. The van der Waals surface area contributed by atoms with Crippen LogP contribution >= 0.6 is 11.6 Å². The molecular formula is C23H20ClFN2O4S. The molecular weight excluding hydrogens is 455 g/mol. The van der Waals surface area contributed by atoms with Gasteiger partial charge < -0.3 is 10.1 Å². The SMILES string of the molecule is O=C(COc1ccc(S(=O)(=O)N2CCCc3ccccc32)cc1Cl)Nc1cccc(F)c1. The topological polar surface area (TPSA) is 75.7 Å². The molecule has 166 valence electrons. The van der Waals surface area contributed by atoms with E-state index in [1.165, 1.54) is 40.7 Å². The highest BCUT2D eigenvalue weighted by Crippen LogP contribution is 2.34. The van der Waals surface area contributed by atoms with Gasteiger partial charge in [0, 0.05) is 12.2 Å². The minimum absolute atomic E-state index is 0.0377. The molecule has 0 saturated carbocycles. The van der Waals surface area contributed by atoms with Crippen molar-refractivity contribution in [2.45, 2.75) is 17.7 Å². The molecule has 0 aliphatic carbocycles. The second-order valence-corrected chi connectivity index (χ2v) is 9.52. The third-order valence-electron chi connectivity index (χ3n) is 5.03. The molecule has 32 heavy (non-hydrogen) atoms. The highest BCUT2D eigenvalue weighted by molar-refractivity contribution is 7.92. The van der Waals surface area contributed by atoms with Crippen LogP contribution in [-0.2, 0) is 21.2 Å². The Morgan fingerprint density at radius 2 is 1.91 bits per heavy atom. The summed E-state index contributed by atoms with van der Waals surface area (Å²) in [7, 11) is -3.81. The molecule has 3 aromatic rings. The molecule has 1 amide bonds. The summed E-state index contributed by atoms with van der Waals surface area (Å²) < 4.78 is 46.5. The summed E-state index contributed by atoms with van der Waals surface area (Å²) >= 11 is 6.25. The lowest BCUT2D eigenvalue weighted by molar-refractivity contribution is -0.118. The number of sulfonamides is 1. The van der Waals surface area contributed by atoms with Crippen molar-refractivity contribution in [2.75, 3.05) is 22.8 Å². The van der Waals surface area contributed by atoms with Crippen LogP contribution in [0.25, 0.3) is 0 Å². The first-order valence-electron chi connectivity index (χ1n) is 9.93. The third kappa shape index (κ3) is 4.71. The number of benzene rings is 3. The predicted molar refractivity (Wildman–Crippen MR) is 121 cm³/mol. The Kier molecular flexibility index (Phi) is 6.34.